The van der Waals surface area contributed by atoms with Gasteiger partial charge in [-0.15, -0.1) is 11.8 Å². The van der Waals surface area contributed by atoms with Gasteiger partial charge < -0.3 is 9.64 Å². The summed E-state index contributed by atoms with van der Waals surface area (Å²) < 4.78 is 5.17. The van der Waals surface area contributed by atoms with Crippen molar-refractivity contribution < 1.29 is 19.1 Å². The number of benzene rings is 2. The number of fused-ring (bicyclic) bond motifs is 1. The number of hydrogen-bond donors (Lipinski definition) is 0. The highest BCUT2D eigenvalue weighted by molar-refractivity contribution is 7.98. The number of esters is 1. The maximum Gasteiger partial charge on any atom is 0.339 e. The lowest BCUT2D eigenvalue weighted by molar-refractivity contribution is -0.117. The Morgan fingerprint density at radius 1 is 1.20 bits per heavy atom. The minimum atomic E-state index is -0.519. The summed E-state index contributed by atoms with van der Waals surface area (Å²) in [6.07, 6.45) is 2.16. The zero-order chi connectivity index (χ0) is 18.0. The van der Waals surface area contributed by atoms with Crippen molar-refractivity contribution in [1.82, 2.24) is 0 Å². The lowest BCUT2D eigenvalue weighted by Gasteiger charge is -2.10. The van der Waals surface area contributed by atoms with Crippen molar-refractivity contribution in [2.24, 2.45) is 0 Å². The van der Waals surface area contributed by atoms with E-state index in [1.165, 1.54) is 11.8 Å². The van der Waals surface area contributed by atoms with Gasteiger partial charge in [-0.25, -0.2) is 4.79 Å². The van der Waals surface area contributed by atoms with E-state index in [2.05, 4.69) is 0 Å². The van der Waals surface area contributed by atoms with Gasteiger partial charge >= 0.3 is 5.97 Å². The first kappa shape index (κ1) is 17.2. The lowest BCUT2D eigenvalue weighted by Crippen LogP contribution is -2.20. The molecule has 0 saturated carbocycles. The SMILES string of the molecule is CSc1ccccc1C(=O)OCC(=O)c1ccc2c(c1)CC(=O)N2C. The molecule has 1 amide bonds. The highest BCUT2D eigenvalue weighted by Crippen LogP contribution is 2.28. The van der Waals surface area contributed by atoms with Gasteiger partial charge in [0, 0.05) is 23.2 Å². The third-order valence-electron chi connectivity index (χ3n) is 4.14. The van der Waals surface area contributed by atoms with Crippen LogP contribution in [0.5, 0.6) is 0 Å². The summed E-state index contributed by atoms with van der Waals surface area (Å²) >= 11 is 1.45. The lowest BCUT2D eigenvalue weighted by atomic mass is 10.1. The number of ether oxygens (including phenoxy) is 1. The summed E-state index contributed by atoms with van der Waals surface area (Å²) in [6, 6.07) is 12.2. The molecule has 1 aliphatic rings. The average Bonchev–Trinajstić information content (AvgIpc) is 2.92. The maximum absolute atomic E-state index is 12.3. The second kappa shape index (κ2) is 7.11. The van der Waals surface area contributed by atoms with Gasteiger partial charge in [0.1, 0.15) is 0 Å². The number of Topliss-reactive ketones (excluding diaryl/α,β-unsaturated/α-hetero) is 1. The summed E-state index contributed by atoms with van der Waals surface area (Å²) in [5.41, 5.74) is 2.52. The number of thioether (sulfide) groups is 1. The minimum absolute atomic E-state index is 0.000278. The fraction of sp³-hybridized carbons (Fsp3) is 0.211. The fourth-order valence-corrected chi connectivity index (χ4v) is 3.34. The molecule has 1 heterocycles. The van der Waals surface area contributed by atoms with Crippen molar-refractivity contribution in [3.05, 3.63) is 59.2 Å². The van der Waals surface area contributed by atoms with Crippen molar-refractivity contribution >= 4 is 35.1 Å². The van der Waals surface area contributed by atoms with E-state index in [4.69, 9.17) is 4.74 Å². The Morgan fingerprint density at radius 3 is 2.72 bits per heavy atom. The molecule has 25 heavy (non-hydrogen) atoms. The number of anilines is 1. The number of ketones is 1. The van der Waals surface area contributed by atoms with Crippen LogP contribution in [0.25, 0.3) is 0 Å². The zero-order valence-corrected chi connectivity index (χ0v) is 14.8. The van der Waals surface area contributed by atoms with E-state index in [9.17, 15) is 14.4 Å². The highest BCUT2D eigenvalue weighted by Gasteiger charge is 2.25. The summed E-state index contributed by atoms with van der Waals surface area (Å²) in [7, 11) is 1.71. The van der Waals surface area contributed by atoms with Crippen molar-refractivity contribution in [2.75, 3.05) is 24.8 Å². The number of likely N-dealkylation sites (N-methyl/N-ethyl adjacent to an activating group) is 1. The highest BCUT2D eigenvalue weighted by atomic mass is 32.2. The standard InChI is InChI=1S/C19H17NO4S/c1-20-15-8-7-12(9-13(15)10-18(20)22)16(21)11-24-19(23)14-5-3-4-6-17(14)25-2/h3-9H,10-11H2,1-2H3. The Morgan fingerprint density at radius 2 is 1.96 bits per heavy atom. The quantitative estimate of drug-likeness (QED) is 0.469. The van der Waals surface area contributed by atoms with Gasteiger partial charge in [-0.1, -0.05) is 12.1 Å². The number of nitrogens with zero attached hydrogens (tertiary/aromatic N) is 1. The van der Waals surface area contributed by atoms with Crippen LogP contribution in [-0.2, 0) is 16.0 Å². The molecule has 2 aromatic rings. The van der Waals surface area contributed by atoms with E-state index in [1.54, 1.807) is 42.3 Å². The van der Waals surface area contributed by atoms with Gasteiger partial charge in [-0.3, -0.25) is 9.59 Å². The molecule has 0 spiro atoms. The van der Waals surface area contributed by atoms with Crippen LogP contribution >= 0.6 is 11.8 Å². The van der Waals surface area contributed by atoms with E-state index in [0.717, 1.165) is 16.1 Å². The van der Waals surface area contributed by atoms with Crippen LogP contribution < -0.4 is 4.90 Å². The predicted octanol–water partition coefficient (Wildman–Crippen LogP) is 2.97. The maximum atomic E-state index is 12.3. The van der Waals surface area contributed by atoms with Crippen molar-refractivity contribution in [1.29, 1.82) is 0 Å². The molecule has 0 saturated heterocycles. The molecule has 128 valence electrons. The molecule has 1 aliphatic heterocycles. The Kier molecular flexibility index (Phi) is 4.90. The normalized spacial score (nSPS) is 12.9. The molecule has 0 bridgehead atoms. The summed E-state index contributed by atoms with van der Waals surface area (Å²) in [4.78, 5) is 38.6. The van der Waals surface area contributed by atoms with Gasteiger partial charge in [0.2, 0.25) is 5.91 Å². The topological polar surface area (TPSA) is 63.7 Å². The third kappa shape index (κ3) is 3.44. The number of carbonyl (C=O) groups is 3. The van der Waals surface area contributed by atoms with Crippen LogP contribution in [0, 0.1) is 0 Å². The van der Waals surface area contributed by atoms with Crippen LogP contribution in [0.2, 0.25) is 0 Å². The first-order chi connectivity index (χ1) is 12.0. The molecule has 2 aromatic carbocycles. The molecule has 0 fully saturated rings. The zero-order valence-electron chi connectivity index (χ0n) is 13.9. The molecule has 0 unspecified atom stereocenters. The van der Waals surface area contributed by atoms with Gasteiger partial charge in [0.25, 0.3) is 0 Å². The number of amides is 1. The molecule has 6 heteroatoms. The molecule has 0 radical (unpaired) electrons. The van der Waals surface area contributed by atoms with Crippen LogP contribution in [0.4, 0.5) is 5.69 Å². The van der Waals surface area contributed by atoms with Gasteiger partial charge in [0.15, 0.2) is 12.4 Å². The molecule has 0 aliphatic carbocycles. The molecule has 0 N–H and O–H groups in total. The molecular weight excluding hydrogens is 338 g/mol. The Labute approximate surface area is 150 Å². The van der Waals surface area contributed by atoms with E-state index in [0.29, 0.717) is 11.1 Å². The minimum Gasteiger partial charge on any atom is -0.454 e. The number of rotatable bonds is 5. The second-order valence-corrected chi connectivity index (χ2v) is 6.52. The summed E-state index contributed by atoms with van der Waals surface area (Å²) in [5, 5.41) is 0. The second-order valence-electron chi connectivity index (χ2n) is 5.67. The fourth-order valence-electron chi connectivity index (χ4n) is 2.75. The van der Waals surface area contributed by atoms with Crippen molar-refractivity contribution in [3.8, 4) is 0 Å². The summed E-state index contributed by atoms with van der Waals surface area (Å²) in [6.45, 7) is -0.329. The average molecular weight is 355 g/mol. The van der Waals surface area contributed by atoms with Crippen molar-refractivity contribution in [2.45, 2.75) is 11.3 Å². The predicted molar refractivity (Wildman–Crippen MR) is 96.4 cm³/mol. The van der Waals surface area contributed by atoms with E-state index in [-0.39, 0.29) is 24.7 Å². The number of carbonyl (C=O) groups excluding carboxylic acids is 3. The van der Waals surface area contributed by atoms with Crippen LogP contribution in [0.1, 0.15) is 26.3 Å². The van der Waals surface area contributed by atoms with Gasteiger partial charge in [-0.05, 0) is 42.2 Å². The summed E-state index contributed by atoms with van der Waals surface area (Å²) in [5.74, 6) is -0.811. The first-order valence-electron chi connectivity index (χ1n) is 7.74. The number of hydrogen-bond acceptors (Lipinski definition) is 5. The Bertz CT molecular complexity index is 862. The molecule has 3 rings (SSSR count). The Hall–Kier alpha value is -2.60. The van der Waals surface area contributed by atoms with Gasteiger partial charge in [0.05, 0.1) is 12.0 Å². The third-order valence-corrected chi connectivity index (χ3v) is 4.94. The molecule has 5 nitrogen and oxygen atoms in total. The smallest absolute Gasteiger partial charge is 0.339 e. The molecule has 0 aromatic heterocycles. The molecular formula is C19H17NO4S. The van der Waals surface area contributed by atoms with Crippen LogP contribution in [0.15, 0.2) is 47.4 Å². The largest absolute Gasteiger partial charge is 0.454 e. The van der Waals surface area contributed by atoms with E-state index < -0.39 is 5.97 Å². The van der Waals surface area contributed by atoms with Crippen LogP contribution in [0.3, 0.4) is 0 Å². The Balaban J connectivity index is 1.68. The van der Waals surface area contributed by atoms with Crippen molar-refractivity contribution in [3.63, 3.8) is 0 Å². The molecule has 0 atom stereocenters. The monoisotopic (exact) mass is 355 g/mol. The van der Waals surface area contributed by atoms with E-state index >= 15 is 0 Å². The van der Waals surface area contributed by atoms with Gasteiger partial charge in [-0.2, -0.15) is 0 Å². The van der Waals surface area contributed by atoms with Crippen LogP contribution in [-0.4, -0.2) is 37.6 Å². The first-order valence-corrected chi connectivity index (χ1v) is 8.96. The van der Waals surface area contributed by atoms with E-state index in [1.807, 2.05) is 18.4 Å².